The molecule has 0 aliphatic heterocycles. The molecule has 3 rings (SSSR count). The Morgan fingerprint density at radius 1 is 1.19 bits per heavy atom. The van der Waals surface area contributed by atoms with E-state index in [2.05, 4.69) is 25.2 Å². The number of anilines is 1. The molecule has 0 spiro atoms. The molecule has 1 amide bonds. The van der Waals surface area contributed by atoms with Gasteiger partial charge in [-0.25, -0.2) is 4.79 Å². The highest BCUT2D eigenvalue weighted by molar-refractivity contribution is 5.93. The molecule has 0 saturated carbocycles. The number of methoxy groups -OCH3 is 1. The Morgan fingerprint density at radius 3 is 2.61 bits per heavy atom. The van der Waals surface area contributed by atoms with Crippen LogP contribution >= 0.6 is 0 Å². The number of hydrogen-bond acceptors (Lipinski definition) is 4. The third-order valence-electron chi connectivity index (χ3n) is 5.57. The van der Waals surface area contributed by atoms with Crippen molar-refractivity contribution in [3.05, 3.63) is 69.6 Å². The van der Waals surface area contributed by atoms with Gasteiger partial charge in [0.25, 0.3) is 5.91 Å². The van der Waals surface area contributed by atoms with Gasteiger partial charge < -0.3 is 19.4 Å². The Balaban J connectivity index is 1.84. The largest absolute Gasteiger partial charge is 0.495 e. The number of amides is 1. The molecule has 0 bridgehead atoms. The predicted octanol–water partition coefficient (Wildman–Crippen LogP) is 3.28. The van der Waals surface area contributed by atoms with Crippen LogP contribution in [0.15, 0.2) is 51.7 Å². The van der Waals surface area contributed by atoms with Crippen molar-refractivity contribution in [1.29, 1.82) is 0 Å². The summed E-state index contributed by atoms with van der Waals surface area (Å²) in [5, 5.41) is 3.86. The molecule has 6 heteroatoms. The first-order valence-electron chi connectivity index (χ1n) is 10.7. The first-order valence-corrected chi connectivity index (χ1v) is 10.7. The van der Waals surface area contributed by atoms with E-state index in [0.29, 0.717) is 29.5 Å². The Kier molecular flexibility index (Phi) is 7.13. The van der Waals surface area contributed by atoms with E-state index >= 15 is 0 Å². The SMILES string of the molecule is CC[NH+](CC(=O)Nc1ccccc1OC)Cc1cc(=O)oc2cc(C)c(C(C)C)cc12. The Hall–Kier alpha value is -3.12. The molecule has 2 N–H and O–H groups in total. The van der Waals surface area contributed by atoms with Gasteiger partial charge >= 0.3 is 5.63 Å². The monoisotopic (exact) mass is 423 g/mol. The number of fused-ring (bicyclic) bond motifs is 1. The van der Waals surface area contributed by atoms with Crippen molar-refractivity contribution in [2.75, 3.05) is 25.5 Å². The summed E-state index contributed by atoms with van der Waals surface area (Å²) >= 11 is 0. The number of hydrogen-bond donors (Lipinski definition) is 2. The van der Waals surface area contributed by atoms with Crippen LogP contribution in [-0.2, 0) is 11.3 Å². The van der Waals surface area contributed by atoms with Crippen LogP contribution in [0.25, 0.3) is 11.0 Å². The van der Waals surface area contributed by atoms with E-state index in [1.165, 1.54) is 5.56 Å². The molecule has 1 unspecified atom stereocenters. The first-order chi connectivity index (χ1) is 14.8. The van der Waals surface area contributed by atoms with E-state index in [9.17, 15) is 9.59 Å². The summed E-state index contributed by atoms with van der Waals surface area (Å²) in [5.74, 6) is 0.884. The quantitative estimate of drug-likeness (QED) is 0.546. The smallest absolute Gasteiger partial charge is 0.336 e. The second-order valence-electron chi connectivity index (χ2n) is 8.16. The minimum absolute atomic E-state index is 0.104. The fourth-order valence-corrected chi connectivity index (χ4v) is 3.91. The molecule has 0 radical (unpaired) electrons. The topological polar surface area (TPSA) is 73.0 Å². The van der Waals surface area contributed by atoms with Crippen molar-refractivity contribution in [2.24, 2.45) is 0 Å². The second-order valence-corrected chi connectivity index (χ2v) is 8.16. The number of carbonyl (C=O) groups excluding carboxylic acids is 1. The van der Waals surface area contributed by atoms with Crippen LogP contribution in [-0.4, -0.2) is 26.1 Å². The number of ether oxygens (including phenoxy) is 1. The number of rotatable bonds is 8. The van der Waals surface area contributed by atoms with Crippen LogP contribution in [0.5, 0.6) is 5.75 Å². The van der Waals surface area contributed by atoms with E-state index in [0.717, 1.165) is 28.0 Å². The molecule has 0 fully saturated rings. The normalized spacial score (nSPS) is 12.2. The van der Waals surface area contributed by atoms with Crippen LogP contribution in [0.1, 0.15) is 43.4 Å². The number of nitrogens with one attached hydrogen (secondary N) is 2. The van der Waals surface area contributed by atoms with Crippen LogP contribution in [0.3, 0.4) is 0 Å². The van der Waals surface area contributed by atoms with Crippen molar-refractivity contribution < 1.29 is 18.8 Å². The molecular weight excluding hydrogens is 392 g/mol. The molecule has 2 aromatic carbocycles. The maximum absolute atomic E-state index is 12.7. The maximum Gasteiger partial charge on any atom is 0.336 e. The number of likely N-dealkylation sites (N-methyl/N-ethyl adjacent to an activating group) is 1. The van der Waals surface area contributed by atoms with Crippen molar-refractivity contribution >= 4 is 22.6 Å². The third kappa shape index (κ3) is 5.33. The second kappa shape index (κ2) is 9.79. The first kappa shape index (κ1) is 22.6. The van der Waals surface area contributed by atoms with Crippen LogP contribution in [0.4, 0.5) is 5.69 Å². The highest BCUT2D eigenvalue weighted by atomic mass is 16.5. The molecule has 6 nitrogen and oxygen atoms in total. The molecule has 0 aliphatic carbocycles. The number of para-hydroxylation sites is 2. The molecule has 0 saturated heterocycles. The van der Waals surface area contributed by atoms with E-state index in [1.54, 1.807) is 13.2 Å². The molecule has 1 aromatic heterocycles. The fourth-order valence-electron chi connectivity index (χ4n) is 3.91. The minimum Gasteiger partial charge on any atom is -0.495 e. The Labute approximate surface area is 182 Å². The number of aryl methyl sites for hydroxylation is 1. The molecule has 1 heterocycles. The van der Waals surface area contributed by atoms with Crippen LogP contribution < -0.4 is 20.6 Å². The third-order valence-corrected chi connectivity index (χ3v) is 5.57. The lowest BCUT2D eigenvalue weighted by Gasteiger charge is -2.19. The standard InChI is InChI=1S/C25H30N2O4/c1-6-27(15-24(28)26-21-9-7-8-10-22(21)30-5)14-18-12-25(29)31-23-11-17(4)19(16(2)3)13-20(18)23/h7-13,16H,6,14-15H2,1-5H3,(H,26,28)/p+1. The van der Waals surface area contributed by atoms with E-state index in [1.807, 2.05) is 44.2 Å². The van der Waals surface area contributed by atoms with Crippen LogP contribution in [0.2, 0.25) is 0 Å². The van der Waals surface area contributed by atoms with Gasteiger partial charge in [-0.3, -0.25) is 4.79 Å². The molecule has 31 heavy (non-hydrogen) atoms. The summed E-state index contributed by atoms with van der Waals surface area (Å²) in [6.07, 6.45) is 0. The lowest BCUT2D eigenvalue weighted by molar-refractivity contribution is -0.903. The van der Waals surface area contributed by atoms with Gasteiger partial charge in [0.2, 0.25) is 0 Å². The van der Waals surface area contributed by atoms with Gasteiger partial charge in [0.05, 0.1) is 19.3 Å². The molecule has 3 aromatic rings. The van der Waals surface area contributed by atoms with Gasteiger partial charge in [-0.15, -0.1) is 0 Å². The van der Waals surface area contributed by atoms with Gasteiger partial charge in [-0.2, -0.15) is 0 Å². The molecule has 1 atom stereocenters. The molecule has 164 valence electrons. The highest BCUT2D eigenvalue weighted by Gasteiger charge is 2.18. The summed E-state index contributed by atoms with van der Waals surface area (Å²) in [7, 11) is 1.58. The van der Waals surface area contributed by atoms with E-state index in [4.69, 9.17) is 9.15 Å². The van der Waals surface area contributed by atoms with Crippen molar-refractivity contribution in [3.8, 4) is 5.75 Å². The summed E-state index contributed by atoms with van der Waals surface area (Å²) in [6, 6.07) is 12.9. The summed E-state index contributed by atoms with van der Waals surface area (Å²) < 4.78 is 10.8. The fraction of sp³-hybridized carbons (Fsp3) is 0.360. The lowest BCUT2D eigenvalue weighted by Crippen LogP contribution is -3.11. The van der Waals surface area contributed by atoms with Crippen LogP contribution in [0, 0.1) is 6.92 Å². The zero-order valence-electron chi connectivity index (χ0n) is 18.9. The molecule has 0 aliphatic rings. The summed E-state index contributed by atoms with van der Waals surface area (Å²) in [4.78, 5) is 25.9. The zero-order valence-corrected chi connectivity index (χ0v) is 18.9. The Bertz CT molecular complexity index is 1130. The minimum atomic E-state index is -0.367. The van der Waals surface area contributed by atoms with Crippen molar-refractivity contribution in [2.45, 2.75) is 40.2 Å². The highest BCUT2D eigenvalue weighted by Crippen LogP contribution is 2.26. The Morgan fingerprint density at radius 2 is 1.94 bits per heavy atom. The maximum atomic E-state index is 12.7. The zero-order chi connectivity index (χ0) is 22.5. The van der Waals surface area contributed by atoms with E-state index < -0.39 is 0 Å². The van der Waals surface area contributed by atoms with Crippen molar-refractivity contribution in [1.82, 2.24) is 0 Å². The van der Waals surface area contributed by atoms with Gasteiger partial charge in [0, 0.05) is 17.0 Å². The predicted molar refractivity (Wildman–Crippen MR) is 123 cm³/mol. The average molecular weight is 424 g/mol. The lowest BCUT2D eigenvalue weighted by atomic mass is 9.95. The van der Waals surface area contributed by atoms with Gasteiger partial charge in [-0.1, -0.05) is 26.0 Å². The average Bonchev–Trinajstić information content (AvgIpc) is 2.72. The number of quaternary nitrogens is 1. The number of carbonyl (C=O) groups is 1. The van der Waals surface area contributed by atoms with Gasteiger partial charge in [0.1, 0.15) is 17.9 Å². The summed E-state index contributed by atoms with van der Waals surface area (Å²) in [6.45, 7) is 9.94. The summed E-state index contributed by atoms with van der Waals surface area (Å²) in [5.41, 5.74) is 4.11. The molecular formula is C25H31N2O4+. The van der Waals surface area contributed by atoms with Gasteiger partial charge in [0.15, 0.2) is 6.54 Å². The van der Waals surface area contributed by atoms with E-state index in [-0.39, 0.29) is 18.1 Å². The van der Waals surface area contributed by atoms with Gasteiger partial charge in [-0.05, 0) is 55.2 Å². The number of benzene rings is 2. The van der Waals surface area contributed by atoms with Crippen molar-refractivity contribution in [3.63, 3.8) is 0 Å².